The molecule has 2 aromatic carbocycles. The van der Waals surface area contributed by atoms with Crippen LogP contribution in [0.15, 0.2) is 48.5 Å². The first-order chi connectivity index (χ1) is 9.65. The molecule has 0 heterocycles. The van der Waals surface area contributed by atoms with E-state index in [1.807, 2.05) is 36.4 Å². The molecule has 0 radical (unpaired) electrons. The SMILES string of the molecule is O=C(c1ccccc1)c1ccc2c(c1)CC(C(=O)Cl)C2. The van der Waals surface area contributed by atoms with E-state index in [0.717, 1.165) is 11.1 Å². The summed E-state index contributed by atoms with van der Waals surface area (Å²) in [5.41, 5.74) is 3.52. The van der Waals surface area contributed by atoms with Crippen molar-refractivity contribution < 1.29 is 9.59 Å². The van der Waals surface area contributed by atoms with E-state index in [1.165, 1.54) is 0 Å². The molecule has 1 aliphatic rings. The average Bonchev–Trinajstić information content (AvgIpc) is 2.90. The second kappa shape index (κ2) is 5.22. The van der Waals surface area contributed by atoms with Gasteiger partial charge < -0.3 is 0 Å². The summed E-state index contributed by atoms with van der Waals surface area (Å²) in [6.45, 7) is 0. The predicted octanol–water partition coefficient (Wildman–Crippen LogP) is 3.40. The van der Waals surface area contributed by atoms with Crippen LogP contribution in [-0.2, 0) is 17.6 Å². The van der Waals surface area contributed by atoms with Gasteiger partial charge in [0.1, 0.15) is 0 Å². The van der Waals surface area contributed by atoms with Crippen LogP contribution in [0, 0.1) is 5.92 Å². The van der Waals surface area contributed by atoms with E-state index in [9.17, 15) is 9.59 Å². The average molecular weight is 285 g/mol. The van der Waals surface area contributed by atoms with Crippen LogP contribution < -0.4 is 0 Å². The molecule has 1 atom stereocenters. The van der Waals surface area contributed by atoms with Crippen molar-refractivity contribution in [3.63, 3.8) is 0 Å². The summed E-state index contributed by atoms with van der Waals surface area (Å²) in [6, 6.07) is 14.9. The highest BCUT2D eigenvalue weighted by Gasteiger charge is 2.26. The Morgan fingerprint density at radius 1 is 0.900 bits per heavy atom. The molecule has 3 rings (SSSR count). The van der Waals surface area contributed by atoms with Crippen LogP contribution in [-0.4, -0.2) is 11.0 Å². The Balaban J connectivity index is 1.90. The molecule has 2 aromatic rings. The zero-order valence-corrected chi connectivity index (χ0v) is 11.6. The van der Waals surface area contributed by atoms with Gasteiger partial charge in [-0.2, -0.15) is 0 Å². The molecule has 0 aliphatic heterocycles. The van der Waals surface area contributed by atoms with Gasteiger partial charge in [0.05, 0.1) is 0 Å². The number of hydrogen-bond acceptors (Lipinski definition) is 2. The summed E-state index contributed by atoms with van der Waals surface area (Å²) in [5.74, 6) is -0.136. The fourth-order valence-corrected chi connectivity index (χ4v) is 2.83. The Labute approximate surface area is 122 Å². The van der Waals surface area contributed by atoms with Gasteiger partial charge >= 0.3 is 0 Å². The lowest BCUT2D eigenvalue weighted by molar-refractivity contribution is -0.114. The number of hydrogen-bond donors (Lipinski definition) is 0. The van der Waals surface area contributed by atoms with E-state index in [0.29, 0.717) is 24.0 Å². The lowest BCUT2D eigenvalue weighted by Gasteiger charge is -2.04. The first-order valence-electron chi connectivity index (χ1n) is 6.56. The van der Waals surface area contributed by atoms with Crippen LogP contribution in [0.4, 0.5) is 0 Å². The zero-order chi connectivity index (χ0) is 14.1. The van der Waals surface area contributed by atoms with Gasteiger partial charge in [-0.1, -0.05) is 42.5 Å². The van der Waals surface area contributed by atoms with Crippen LogP contribution in [0.25, 0.3) is 0 Å². The second-order valence-corrected chi connectivity index (χ2v) is 5.46. The maximum absolute atomic E-state index is 12.4. The highest BCUT2D eigenvalue weighted by molar-refractivity contribution is 6.64. The van der Waals surface area contributed by atoms with Gasteiger partial charge in [-0.3, -0.25) is 9.59 Å². The highest BCUT2D eigenvalue weighted by Crippen LogP contribution is 2.29. The summed E-state index contributed by atoms with van der Waals surface area (Å²) in [5, 5.41) is -0.294. The summed E-state index contributed by atoms with van der Waals surface area (Å²) in [7, 11) is 0. The van der Waals surface area contributed by atoms with Gasteiger partial charge in [0.2, 0.25) is 5.24 Å². The van der Waals surface area contributed by atoms with E-state index < -0.39 is 0 Å². The summed E-state index contributed by atoms with van der Waals surface area (Å²) in [4.78, 5) is 23.6. The number of benzene rings is 2. The summed E-state index contributed by atoms with van der Waals surface area (Å²) >= 11 is 5.57. The topological polar surface area (TPSA) is 34.1 Å². The molecule has 0 fully saturated rings. The fourth-order valence-electron chi connectivity index (χ4n) is 2.68. The molecule has 1 aliphatic carbocycles. The van der Waals surface area contributed by atoms with Crippen molar-refractivity contribution in [1.29, 1.82) is 0 Å². The van der Waals surface area contributed by atoms with Gasteiger partial charge in [-0.25, -0.2) is 0 Å². The molecular weight excluding hydrogens is 272 g/mol. The maximum atomic E-state index is 12.4. The third-order valence-electron chi connectivity index (χ3n) is 3.76. The van der Waals surface area contributed by atoms with E-state index in [4.69, 9.17) is 11.6 Å². The standard InChI is InChI=1S/C17H13ClO2/c18-17(20)15-8-12-6-7-13(9-14(12)10-15)16(19)11-4-2-1-3-5-11/h1-7,9,15H,8,10H2. The Kier molecular flexibility index (Phi) is 3.41. The van der Waals surface area contributed by atoms with Crippen LogP contribution in [0.5, 0.6) is 0 Å². The Bertz CT molecular complexity index is 677. The van der Waals surface area contributed by atoms with Crippen molar-refractivity contribution in [2.75, 3.05) is 0 Å². The van der Waals surface area contributed by atoms with Crippen LogP contribution in [0.1, 0.15) is 27.0 Å². The molecule has 0 saturated heterocycles. The Morgan fingerprint density at radius 3 is 2.30 bits per heavy atom. The highest BCUT2D eigenvalue weighted by atomic mass is 35.5. The molecule has 3 heteroatoms. The molecular formula is C17H13ClO2. The minimum atomic E-state index is -0.294. The Hall–Kier alpha value is -1.93. The normalized spacial score (nSPS) is 16.8. The molecule has 100 valence electrons. The molecule has 0 N–H and O–H groups in total. The molecule has 0 bridgehead atoms. The predicted molar refractivity (Wildman–Crippen MR) is 78.1 cm³/mol. The third-order valence-corrected chi connectivity index (χ3v) is 4.07. The van der Waals surface area contributed by atoms with E-state index in [-0.39, 0.29) is 16.9 Å². The molecule has 2 nitrogen and oxygen atoms in total. The summed E-state index contributed by atoms with van der Waals surface area (Å²) in [6.07, 6.45) is 1.31. The molecule has 0 spiro atoms. The van der Waals surface area contributed by atoms with Crippen LogP contribution >= 0.6 is 11.6 Å². The van der Waals surface area contributed by atoms with Crippen molar-refractivity contribution in [3.05, 3.63) is 70.8 Å². The van der Waals surface area contributed by atoms with Gasteiger partial charge in [-0.05, 0) is 41.6 Å². The van der Waals surface area contributed by atoms with E-state index in [1.54, 1.807) is 12.1 Å². The summed E-state index contributed by atoms with van der Waals surface area (Å²) < 4.78 is 0. The van der Waals surface area contributed by atoms with Crippen molar-refractivity contribution in [2.24, 2.45) is 5.92 Å². The monoisotopic (exact) mass is 284 g/mol. The van der Waals surface area contributed by atoms with Crippen molar-refractivity contribution >= 4 is 22.6 Å². The van der Waals surface area contributed by atoms with Gasteiger partial charge in [0.15, 0.2) is 5.78 Å². The van der Waals surface area contributed by atoms with Crippen LogP contribution in [0.3, 0.4) is 0 Å². The third kappa shape index (κ3) is 2.39. The molecule has 0 aromatic heterocycles. The lowest BCUT2D eigenvalue weighted by Crippen LogP contribution is -2.07. The van der Waals surface area contributed by atoms with Crippen molar-refractivity contribution in [3.8, 4) is 0 Å². The first kappa shape index (κ1) is 13.1. The minimum absolute atomic E-state index is 0.00838. The number of carbonyl (C=O) groups excluding carboxylic acids is 2. The number of halogens is 1. The first-order valence-corrected chi connectivity index (χ1v) is 6.94. The smallest absolute Gasteiger partial charge is 0.225 e. The molecule has 1 unspecified atom stereocenters. The van der Waals surface area contributed by atoms with Gasteiger partial charge in [0.25, 0.3) is 0 Å². The van der Waals surface area contributed by atoms with Crippen molar-refractivity contribution in [1.82, 2.24) is 0 Å². The largest absolute Gasteiger partial charge is 0.289 e. The molecule has 0 saturated carbocycles. The minimum Gasteiger partial charge on any atom is -0.289 e. The zero-order valence-electron chi connectivity index (χ0n) is 10.8. The fraction of sp³-hybridized carbons (Fsp3) is 0.176. The number of carbonyl (C=O) groups is 2. The van der Waals surface area contributed by atoms with E-state index in [2.05, 4.69) is 0 Å². The molecule has 0 amide bonds. The van der Waals surface area contributed by atoms with Crippen molar-refractivity contribution in [2.45, 2.75) is 12.8 Å². The van der Waals surface area contributed by atoms with Gasteiger partial charge in [-0.15, -0.1) is 0 Å². The van der Waals surface area contributed by atoms with Crippen LogP contribution in [0.2, 0.25) is 0 Å². The van der Waals surface area contributed by atoms with Gasteiger partial charge in [0, 0.05) is 17.0 Å². The lowest BCUT2D eigenvalue weighted by atomic mass is 9.99. The quantitative estimate of drug-likeness (QED) is 0.639. The Morgan fingerprint density at radius 2 is 1.60 bits per heavy atom. The number of ketones is 1. The maximum Gasteiger partial charge on any atom is 0.225 e. The van der Waals surface area contributed by atoms with E-state index >= 15 is 0 Å². The number of fused-ring (bicyclic) bond motifs is 1. The molecule has 20 heavy (non-hydrogen) atoms. The second-order valence-electron chi connectivity index (χ2n) is 5.09. The number of rotatable bonds is 3.